The number of hydrogen-bond donors (Lipinski definition) is 2. The van der Waals surface area contributed by atoms with Crippen LogP contribution < -0.4 is 10.6 Å². The standard InChI is InChI=1S/C22H28N2O3/c1-13-6-7-16(8-14(13)2)21(26)23-12-20(25)24-18-10-22(4,5)11-19-17(18)9-15(3)27-19/h6-9,18H,10-12H2,1-5H3,(H,23,26)(H,24,25). The molecule has 2 N–H and O–H groups in total. The summed E-state index contributed by atoms with van der Waals surface area (Å²) in [5, 5.41) is 5.77. The number of amides is 2. The van der Waals surface area contributed by atoms with E-state index in [1.54, 1.807) is 6.07 Å². The summed E-state index contributed by atoms with van der Waals surface area (Å²) in [6, 6.07) is 7.44. The topological polar surface area (TPSA) is 71.3 Å². The number of hydrogen-bond acceptors (Lipinski definition) is 3. The maximum absolute atomic E-state index is 12.4. The number of carbonyl (C=O) groups excluding carboxylic acids is 2. The third-order valence-electron chi connectivity index (χ3n) is 5.25. The van der Waals surface area contributed by atoms with Gasteiger partial charge in [0.05, 0.1) is 12.6 Å². The van der Waals surface area contributed by atoms with Crippen molar-refractivity contribution in [2.45, 2.75) is 53.5 Å². The van der Waals surface area contributed by atoms with Gasteiger partial charge in [-0.25, -0.2) is 0 Å². The highest BCUT2D eigenvalue weighted by Gasteiger charge is 2.35. The molecule has 0 aliphatic heterocycles. The van der Waals surface area contributed by atoms with Crippen LogP contribution in [0.2, 0.25) is 0 Å². The Morgan fingerprint density at radius 1 is 1.15 bits per heavy atom. The van der Waals surface area contributed by atoms with Crippen molar-refractivity contribution >= 4 is 11.8 Å². The van der Waals surface area contributed by atoms with Crippen LogP contribution in [-0.4, -0.2) is 18.4 Å². The molecule has 5 nitrogen and oxygen atoms in total. The van der Waals surface area contributed by atoms with Crippen LogP contribution in [0.4, 0.5) is 0 Å². The largest absolute Gasteiger partial charge is 0.466 e. The molecule has 1 aliphatic rings. The molecule has 1 atom stereocenters. The van der Waals surface area contributed by atoms with Gasteiger partial charge in [-0.05, 0) is 61.9 Å². The van der Waals surface area contributed by atoms with Crippen molar-refractivity contribution in [1.29, 1.82) is 0 Å². The Kier molecular flexibility index (Phi) is 5.13. The first-order chi connectivity index (χ1) is 12.6. The fourth-order valence-corrected chi connectivity index (χ4v) is 3.70. The lowest BCUT2D eigenvalue weighted by molar-refractivity contribution is -0.121. The Morgan fingerprint density at radius 3 is 2.59 bits per heavy atom. The quantitative estimate of drug-likeness (QED) is 0.863. The van der Waals surface area contributed by atoms with Crippen molar-refractivity contribution in [3.63, 3.8) is 0 Å². The van der Waals surface area contributed by atoms with Crippen LogP contribution in [0.5, 0.6) is 0 Å². The summed E-state index contributed by atoms with van der Waals surface area (Å²) in [4.78, 5) is 24.7. The van der Waals surface area contributed by atoms with E-state index in [2.05, 4.69) is 24.5 Å². The predicted molar refractivity (Wildman–Crippen MR) is 105 cm³/mol. The van der Waals surface area contributed by atoms with Crippen molar-refractivity contribution in [3.8, 4) is 0 Å². The molecule has 0 radical (unpaired) electrons. The Bertz CT molecular complexity index is 880. The lowest BCUT2D eigenvalue weighted by atomic mass is 9.74. The summed E-state index contributed by atoms with van der Waals surface area (Å²) in [5.74, 6) is 1.38. The number of fused-ring (bicyclic) bond motifs is 1. The lowest BCUT2D eigenvalue weighted by Gasteiger charge is -2.34. The molecule has 1 aromatic heterocycles. The molecule has 0 spiro atoms. The molecular weight excluding hydrogens is 340 g/mol. The molecule has 1 aliphatic carbocycles. The van der Waals surface area contributed by atoms with Crippen LogP contribution in [0.15, 0.2) is 28.7 Å². The molecule has 1 aromatic carbocycles. The molecule has 0 bridgehead atoms. The second-order valence-corrected chi connectivity index (χ2v) is 8.38. The van der Waals surface area contributed by atoms with Gasteiger partial charge >= 0.3 is 0 Å². The van der Waals surface area contributed by atoms with Gasteiger partial charge in [0.15, 0.2) is 0 Å². The van der Waals surface area contributed by atoms with E-state index in [1.807, 2.05) is 39.0 Å². The Balaban J connectivity index is 1.62. The third kappa shape index (κ3) is 4.41. The van der Waals surface area contributed by atoms with Gasteiger partial charge in [-0.3, -0.25) is 9.59 Å². The number of aryl methyl sites for hydroxylation is 3. The van der Waals surface area contributed by atoms with E-state index in [9.17, 15) is 9.59 Å². The van der Waals surface area contributed by atoms with Gasteiger partial charge in [0.25, 0.3) is 5.91 Å². The number of furan rings is 1. The van der Waals surface area contributed by atoms with E-state index in [1.165, 1.54) is 0 Å². The lowest BCUT2D eigenvalue weighted by Crippen LogP contribution is -2.41. The molecular formula is C22H28N2O3. The van der Waals surface area contributed by atoms with E-state index >= 15 is 0 Å². The fourth-order valence-electron chi connectivity index (χ4n) is 3.70. The van der Waals surface area contributed by atoms with Crippen LogP contribution in [0, 0.1) is 26.2 Å². The van der Waals surface area contributed by atoms with Crippen molar-refractivity contribution in [1.82, 2.24) is 10.6 Å². The normalized spacial score (nSPS) is 17.9. The smallest absolute Gasteiger partial charge is 0.251 e. The maximum Gasteiger partial charge on any atom is 0.251 e. The molecule has 1 heterocycles. The summed E-state index contributed by atoms with van der Waals surface area (Å²) in [6.07, 6.45) is 1.71. The minimum absolute atomic E-state index is 0.0468. The van der Waals surface area contributed by atoms with Crippen molar-refractivity contribution in [2.24, 2.45) is 5.41 Å². The second kappa shape index (κ2) is 7.22. The van der Waals surface area contributed by atoms with Gasteiger partial charge in [-0.2, -0.15) is 0 Å². The number of rotatable bonds is 4. The number of nitrogens with one attached hydrogen (secondary N) is 2. The van der Waals surface area contributed by atoms with Crippen molar-refractivity contribution < 1.29 is 14.0 Å². The Hall–Kier alpha value is -2.56. The van der Waals surface area contributed by atoms with E-state index in [-0.39, 0.29) is 29.8 Å². The van der Waals surface area contributed by atoms with Crippen LogP contribution in [0.1, 0.15) is 64.9 Å². The van der Waals surface area contributed by atoms with Crippen LogP contribution in [-0.2, 0) is 11.2 Å². The molecule has 0 fully saturated rings. The molecule has 2 aromatic rings. The van der Waals surface area contributed by atoms with Crippen LogP contribution in [0.3, 0.4) is 0 Å². The zero-order chi connectivity index (χ0) is 19.8. The third-order valence-corrected chi connectivity index (χ3v) is 5.25. The molecule has 0 saturated carbocycles. The van der Waals surface area contributed by atoms with Crippen LogP contribution in [0.25, 0.3) is 0 Å². The summed E-state index contributed by atoms with van der Waals surface area (Å²) in [5.41, 5.74) is 3.87. The summed E-state index contributed by atoms with van der Waals surface area (Å²) in [6.45, 7) is 10.2. The van der Waals surface area contributed by atoms with E-state index in [0.29, 0.717) is 5.56 Å². The van der Waals surface area contributed by atoms with Gasteiger partial charge in [-0.15, -0.1) is 0 Å². The van der Waals surface area contributed by atoms with Gasteiger partial charge in [0.2, 0.25) is 5.91 Å². The van der Waals surface area contributed by atoms with Crippen LogP contribution >= 0.6 is 0 Å². The first-order valence-electron chi connectivity index (χ1n) is 9.39. The molecule has 27 heavy (non-hydrogen) atoms. The predicted octanol–water partition coefficient (Wildman–Crippen LogP) is 3.76. The zero-order valence-electron chi connectivity index (χ0n) is 16.7. The van der Waals surface area contributed by atoms with Gasteiger partial charge in [0, 0.05) is 17.5 Å². The molecule has 1 unspecified atom stereocenters. The van der Waals surface area contributed by atoms with E-state index in [4.69, 9.17) is 4.42 Å². The summed E-state index contributed by atoms with van der Waals surface area (Å²) >= 11 is 0. The van der Waals surface area contributed by atoms with E-state index in [0.717, 1.165) is 41.1 Å². The average Bonchev–Trinajstić information content (AvgIpc) is 2.94. The maximum atomic E-state index is 12.4. The Labute approximate surface area is 160 Å². The molecule has 5 heteroatoms. The number of carbonyl (C=O) groups is 2. The SMILES string of the molecule is Cc1cc2c(o1)CC(C)(C)CC2NC(=O)CNC(=O)c1ccc(C)c(C)c1. The van der Waals surface area contributed by atoms with Crippen molar-refractivity contribution in [3.05, 3.63) is 58.0 Å². The molecule has 3 rings (SSSR count). The highest BCUT2D eigenvalue weighted by molar-refractivity contribution is 5.96. The second-order valence-electron chi connectivity index (χ2n) is 8.38. The highest BCUT2D eigenvalue weighted by atomic mass is 16.3. The monoisotopic (exact) mass is 368 g/mol. The summed E-state index contributed by atoms with van der Waals surface area (Å²) < 4.78 is 5.81. The Morgan fingerprint density at radius 2 is 1.89 bits per heavy atom. The molecule has 2 amide bonds. The summed E-state index contributed by atoms with van der Waals surface area (Å²) in [7, 11) is 0. The average molecular weight is 368 g/mol. The van der Waals surface area contributed by atoms with Gasteiger partial charge in [-0.1, -0.05) is 19.9 Å². The number of benzene rings is 1. The zero-order valence-corrected chi connectivity index (χ0v) is 16.7. The first-order valence-corrected chi connectivity index (χ1v) is 9.39. The van der Waals surface area contributed by atoms with Gasteiger partial charge < -0.3 is 15.1 Å². The highest BCUT2D eigenvalue weighted by Crippen LogP contribution is 2.41. The van der Waals surface area contributed by atoms with Gasteiger partial charge in [0.1, 0.15) is 11.5 Å². The molecule has 144 valence electrons. The minimum atomic E-state index is -0.239. The minimum Gasteiger partial charge on any atom is -0.466 e. The van der Waals surface area contributed by atoms with E-state index < -0.39 is 0 Å². The fraction of sp³-hybridized carbons (Fsp3) is 0.455. The molecule has 0 saturated heterocycles. The van der Waals surface area contributed by atoms with Crippen molar-refractivity contribution in [2.75, 3.05) is 6.54 Å². The first kappa shape index (κ1) is 19.2.